The number of ether oxygens (including phenoxy) is 1. The standard InChI is InChI=1S/C11H23O3/c1-4-6-7-10(5-2)8-14-9-11(3,12)13/h10,12H,4-9H2,1-3H3. The van der Waals surface area contributed by atoms with Crippen LogP contribution in [-0.4, -0.2) is 24.1 Å². The molecule has 0 saturated carbocycles. The number of unbranched alkanes of at least 4 members (excludes halogenated alkanes) is 1. The van der Waals surface area contributed by atoms with Gasteiger partial charge in [-0.25, -0.2) is 0 Å². The van der Waals surface area contributed by atoms with Gasteiger partial charge in [-0.05, 0) is 19.3 Å². The molecular weight excluding hydrogens is 180 g/mol. The minimum atomic E-state index is -1.94. The van der Waals surface area contributed by atoms with Crippen LogP contribution in [0.3, 0.4) is 0 Å². The Bertz CT molecular complexity index is 129. The number of aliphatic hydroxyl groups is 1. The van der Waals surface area contributed by atoms with Crippen LogP contribution >= 0.6 is 0 Å². The lowest BCUT2D eigenvalue weighted by Gasteiger charge is -2.18. The molecule has 1 radical (unpaired) electrons. The lowest BCUT2D eigenvalue weighted by atomic mass is 10.0. The van der Waals surface area contributed by atoms with Gasteiger partial charge >= 0.3 is 0 Å². The molecule has 0 spiro atoms. The molecule has 0 aromatic carbocycles. The third-order valence-electron chi connectivity index (χ3n) is 2.27. The van der Waals surface area contributed by atoms with Crippen molar-refractivity contribution in [1.29, 1.82) is 0 Å². The Morgan fingerprint density at radius 3 is 2.50 bits per heavy atom. The molecule has 2 unspecified atom stereocenters. The van der Waals surface area contributed by atoms with Crippen molar-refractivity contribution in [1.82, 2.24) is 0 Å². The summed E-state index contributed by atoms with van der Waals surface area (Å²) < 4.78 is 5.19. The van der Waals surface area contributed by atoms with Crippen molar-refractivity contribution in [2.75, 3.05) is 13.2 Å². The summed E-state index contributed by atoms with van der Waals surface area (Å²) in [4.78, 5) is 0. The molecule has 1 N–H and O–H groups in total. The molecule has 3 heteroatoms. The Labute approximate surface area is 87.1 Å². The van der Waals surface area contributed by atoms with E-state index in [2.05, 4.69) is 13.8 Å². The van der Waals surface area contributed by atoms with E-state index in [1.54, 1.807) is 0 Å². The molecule has 0 rings (SSSR count). The second-order valence-electron chi connectivity index (χ2n) is 4.11. The van der Waals surface area contributed by atoms with E-state index in [1.807, 2.05) is 0 Å². The van der Waals surface area contributed by atoms with E-state index in [1.165, 1.54) is 19.8 Å². The molecule has 0 amide bonds. The molecule has 14 heavy (non-hydrogen) atoms. The molecule has 0 aromatic heterocycles. The second kappa shape index (κ2) is 7.21. The number of hydrogen-bond acceptors (Lipinski definition) is 2. The fourth-order valence-electron chi connectivity index (χ4n) is 1.31. The molecule has 0 aliphatic carbocycles. The maximum atomic E-state index is 10.8. The minimum Gasteiger partial charge on any atom is -0.375 e. The Morgan fingerprint density at radius 1 is 1.43 bits per heavy atom. The summed E-state index contributed by atoms with van der Waals surface area (Å²) in [7, 11) is 0. The van der Waals surface area contributed by atoms with Crippen LogP contribution < -0.4 is 0 Å². The highest BCUT2D eigenvalue weighted by Gasteiger charge is 2.18. The van der Waals surface area contributed by atoms with Crippen LogP contribution in [-0.2, 0) is 9.84 Å². The van der Waals surface area contributed by atoms with Crippen molar-refractivity contribution in [3.8, 4) is 0 Å². The van der Waals surface area contributed by atoms with Crippen LogP contribution in [0.25, 0.3) is 0 Å². The van der Waals surface area contributed by atoms with Gasteiger partial charge in [0.2, 0.25) is 5.79 Å². The van der Waals surface area contributed by atoms with E-state index >= 15 is 0 Å². The van der Waals surface area contributed by atoms with Crippen molar-refractivity contribution < 1.29 is 14.9 Å². The first-order chi connectivity index (χ1) is 6.49. The molecule has 0 fully saturated rings. The summed E-state index contributed by atoms with van der Waals surface area (Å²) in [6, 6.07) is 0. The van der Waals surface area contributed by atoms with Gasteiger partial charge in [0.15, 0.2) is 0 Å². The molecule has 0 heterocycles. The normalized spacial score (nSPS) is 14.4. The predicted molar refractivity (Wildman–Crippen MR) is 55.4 cm³/mol. The third-order valence-corrected chi connectivity index (χ3v) is 2.27. The van der Waals surface area contributed by atoms with E-state index in [9.17, 15) is 5.11 Å². The summed E-state index contributed by atoms with van der Waals surface area (Å²) in [6.07, 6.45) is 4.61. The Balaban J connectivity index is 3.52. The summed E-state index contributed by atoms with van der Waals surface area (Å²) >= 11 is 0. The van der Waals surface area contributed by atoms with Gasteiger partial charge in [0, 0.05) is 6.61 Å². The van der Waals surface area contributed by atoms with Gasteiger partial charge < -0.3 is 9.84 Å². The zero-order valence-corrected chi connectivity index (χ0v) is 9.58. The van der Waals surface area contributed by atoms with Crippen LogP contribution in [0.2, 0.25) is 0 Å². The van der Waals surface area contributed by atoms with Crippen molar-refractivity contribution >= 4 is 0 Å². The SMILES string of the molecule is CCCCC(CC)COCC(C)([O])O. The average molecular weight is 203 g/mol. The molecule has 2 atom stereocenters. The summed E-state index contributed by atoms with van der Waals surface area (Å²) in [5.41, 5.74) is 0. The molecule has 0 saturated heterocycles. The Morgan fingerprint density at radius 2 is 2.07 bits per heavy atom. The van der Waals surface area contributed by atoms with Gasteiger partial charge in [0.05, 0.1) is 0 Å². The highest BCUT2D eigenvalue weighted by Crippen LogP contribution is 2.13. The Hall–Kier alpha value is -0.120. The quantitative estimate of drug-likeness (QED) is 0.616. The molecule has 0 aliphatic rings. The topological polar surface area (TPSA) is 49.4 Å². The first-order valence-electron chi connectivity index (χ1n) is 5.50. The largest absolute Gasteiger partial charge is 0.375 e. The van der Waals surface area contributed by atoms with Crippen LogP contribution in [0.5, 0.6) is 0 Å². The predicted octanol–water partition coefficient (Wildman–Crippen LogP) is 2.36. The Kier molecular flexibility index (Phi) is 7.15. The molecule has 85 valence electrons. The van der Waals surface area contributed by atoms with Gasteiger partial charge in [0.25, 0.3) is 0 Å². The van der Waals surface area contributed by atoms with Gasteiger partial charge in [-0.2, -0.15) is 5.11 Å². The highest BCUT2D eigenvalue weighted by molar-refractivity contribution is 4.58. The van der Waals surface area contributed by atoms with Crippen LogP contribution in [0.4, 0.5) is 0 Å². The first-order valence-corrected chi connectivity index (χ1v) is 5.50. The lowest BCUT2D eigenvalue weighted by molar-refractivity contribution is -0.223. The maximum Gasteiger partial charge on any atom is 0.220 e. The van der Waals surface area contributed by atoms with Gasteiger partial charge in [0.1, 0.15) is 6.61 Å². The molecular formula is C11H23O3. The van der Waals surface area contributed by atoms with Crippen LogP contribution in [0, 0.1) is 5.92 Å². The second-order valence-corrected chi connectivity index (χ2v) is 4.11. The third kappa shape index (κ3) is 8.48. The van der Waals surface area contributed by atoms with Crippen molar-refractivity contribution in [3.63, 3.8) is 0 Å². The summed E-state index contributed by atoms with van der Waals surface area (Å²) in [6.45, 7) is 5.99. The molecule has 0 bridgehead atoms. The van der Waals surface area contributed by atoms with E-state index in [-0.39, 0.29) is 6.61 Å². The number of rotatable bonds is 8. The smallest absolute Gasteiger partial charge is 0.220 e. The van der Waals surface area contributed by atoms with Gasteiger partial charge in [-0.15, -0.1) is 0 Å². The highest BCUT2D eigenvalue weighted by atomic mass is 16.6. The summed E-state index contributed by atoms with van der Waals surface area (Å²) in [5.74, 6) is -1.42. The van der Waals surface area contributed by atoms with Gasteiger partial charge in [-0.3, -0.25) is 0 Å². The van der Waals surface area contributed by atoms with Crippen molar-refractivity contribution in [3.05, 3.63) is 0 Å². The van der Waals surface area contributed by atoms with Gasteiger partial charge in [-0.1, -0.05) is 33.1 Å². The van der Waals surface area contributed by atoms with E-state index in [4.69, 9.17) is 9.84 Å². The van der Waals surface area contributed by atoms with Crippen molar-refractivity contribution in [2.24, 2.45) is 5.92 Å². The monoisotopic (exact) mass is 203 g/mol. The fourth-order valence-corrected chi connectivity index (χ4v) is 1.31. The average Bonchev–Trinajstić information content (AvgIpc) is 2.09. The van der Waals surface area contributed by atoms with E-state index in [0.717, 1.165) is 12.8 Å². The van der Waals surface area contributed by atoms with Crippen molar-refractivity contribution in [2.45, 2.75) is 52.2 Å². The first kappa shape index (κ1) is 13.9. The molecule has 0 aliphatic heterocycles. The molecule has 0 aromatic rings. The zero-order valence-electron chi connectivity index (χ0n) is 9.58. The fraction of sp³-hybridized carbons (Fsp3) is 1.00. The van der Waals surface area contributed by atoms with Crippen LogP contribution in [0.15, 0.2) is 0 Å². The summed E-state index contributed by atoms with van der Waals surface area (Å²) in [5, 5.41) is 19.7. The lowest BCUT2D eigenvalue weighted by Crippen LogP contribution is -2.29. The zero-order chi connectivity index (χ0) is 11.0. The van der Waals surface area contributed by atoms with Crippen LogP contribution in [0.1, 0.15) is 46.5 Å². The number of hydrogen-bond donors (Lipinski definition) is 1. The van der Waals surface area contributed by atoms with E-state index in [0.29, 0.717) is 12.5 Å². The minimum absolute atomic E-state index is 0.115. The maximum absolute atomic E-state index is 10.8. The van der Waals surface area contributed by atoms with E-state index < -0.39 is 5.79 Å². The molecule has 3 nitrogen and oxygen atoms in total.